The fraction of sp³-hybridized carbons (Fsp3) is 0.462. The number of sulfonamides is 1. The van der Waals surface area contributed by atoms with Gasteiger partial charge in [-0.25, -0.2) is 13.6 Å². The van der Waals surface area contributed by atoms with Crippen molar-refractivity contribution in [1.82, 2.24) is 5.32 Å². The van der Waals surface area contributed by atoms with Gasteiger partial charge in [-0.3, -0.25) is 4.79 Å². The van der Waals surface area contributed by atoms with Gasteiger partial charge in [-0.15, -0.1) is 0 Å². The van der Waals surface area contributed by atoms with Crippen LogP contribution >= 0.6 is 0 Å². The van der Waals surface area contributed by atoms with Crippen LogP contribution in [0.2, 0.25) is 0 Å². The molecule has 1 fully saturated rings. The van der Waals surface area contributed by atoms with Gasteiger partial charge in [0.15, 0.2) is 0 Å². The average molecular weight is 298 g/mol. The third kappa shape index (κ3) is 4.29. The molecule has 3 N–H and O–H groups in total. The molecule has 110 valence electrons. The van der Waals surface area contributed by atoms with Gasteiger partial charge in [0.25, 0.3) is 0 Å². The largest absolute Gasteiger partial charge is 0.379 e. The molecular weight excluding hydrogens is 280 g/mol. The van der Waals surface area contributed by atoms with Crippen LogP contribution in [0.5, 0.6) is 0 Å². The van der Waals surface area contributed by atoms with Crippen molar-refractivity contribution in [2.24, 2.45) is 5.14 Å². The highest BCUT2D eigenvalue weighted by Gasteiger charge is 2.17. The molecule has 1 unspecified atom stereocenters. The number of aryl methyl sites for hydroxylation is 1. The summed E-state index contributed by atoms with van der Waals surface area (Å²) in [5.74, 6) is -0.0176. The lowest BCUT2D eigenvalue weighted by atomic mass is 10.1. The van der Waals surface area contributed by atoms with Crippen LogP contribution in [0.15, 0.2) is 29.2 Å². The molecule has 1 aromatic rings. The Morgan fingerprint density at radius 1 is 1.35 bits per heavy atom. The summed E-state index contributed by atoms with van der Waals surface area (Å²) in [4.78, 5) is 11.8. The molecule has 1 atom stereocenters. The number of benzene rings is 1. The van der Waals surface area contributed by atoms with Gasteiger partial charge in [-0.1, -0.05) is 12.1 Å². The fourth-order valence-corrected chi connectivity index (χ4v) is 2.57. The van der Waals surface area contributed by atoms with Crippen molar-refractivity contribution in [2.45, 2.75) is 30.2 Å². The predicted molar refractivity (Wildman–Crippen MR) is 73.5 cm³/mol. The predicted octanol–water partition coefficient (Wildman–Crippen LogP) is 0.172. The monoisotopic (exact) mass is 298 g/mol. The molecule has 1 aliphatic rings. The molecule has 2 rings (SSSR count). The van der Waals surface area contributed by atoms with E-state index in [0.717, 1.165) is 12.0 Å². The maximum absolute atomic E-state index is 11.7. The van der Waals surface area contributed by atoms with Gasteiger partial charge in [-0.05, 0) is 30.5 Å². The van der Waals surface area contributed by atoms with Crippen LogP contribution in [0.4, 0.5) is 0 Å². The number of hydrogen-bond acceptors (Lipinski definition) is 4. The maximum atomic E-state index is 11.7. The Labute approximate surface area is 118 Å². The normalized spacial score (nSPS) is 18.9. The van der Waals surface area contributed by atoms with E-state index in [1.54, 1.807) is 12.1 Å². The van der Waals surface area contributed by atoms with Crippen LogP contribution in [-0.4, -0.2) is 33.6 Å². The van der Waals surface area contributed by atoms with Crippen LogP contribution in [0.1, 0.15) is 18.4 Å². The Balaban J connectivity index is 1.83. The molecule has 1 aromatic carbocycles. The second-order valence-corrected chi connectivity index (χ2v) is 6.38. The second kappa shape index (κ2) is 6.34. The number of hydrogen-bond donors (Lipinski definition) is 2. The van der Waals surface area contributed by atoms with Gasteiger partial charge in [0, 0.05) is 13.0 Å². The summed E-state index contributed by atoms with van der Waals surface area (Å²) in [6.07, 6.45) is 1.78. The molecule has 20 heavy (non-hydrogen) atoms. The van der Waals surface area contributed by atoms with E-state index >= 15 is 0 Å². The van der Waals surface area contributed by atoms with Crippen LogP contribution < -0.4 is 10.5 Å². The molecule has 7 heteroatoms. The maximum Gasteiger partial charge on any atom is 0.238 e. The van der Waals surface area contributed by atoms with Crippen molar-refractivity contribution in [3.63, 3.8) is 0 Å². The first-order valence-electron chi connectivity index (χ1n) is 6.44. The number of nitrogens with one attached hydrogen (secondary N) is 1. The number of ether oxygens (including phenoxy) is 1. The molecule has 0 radical (unpaired) electrons. The molecule has 0 bridgehead atoms. The second-order valence-electron chi connectivity index (χ2n) is 4.82. The van der Waals surface area contributed by atoms with Gasteiger partial charge in [0.1, 0.15) is 0 Å². The van der Waals surface area contributed by atoms with Gasteiger partial charge in [-0.2, -0.15) is 0 Å². The van der Waals surface area contributed by atoms with E-state index in [9.17, 15) is 13.2 Å². The van der Waals surface area contributed by atoms with Gasteiger partial charge < -0.3 is 10.1 Å². The average Bonchev–Trinajstić information content (AvgIpc) is 2.88. The summed E-state index contributed by atoms with van der Waals surface area (Å²) < 4.78 is 27.4. The van der Waals surface area contributed by atoms with Gasteiger partial charge in [0.2, 0.25) is 15.9 Å². The Kier molecular flexibility index (Phi) is 4.74. The lowest BCUT2D eigenvalue weighted by molar-refractivity contribution is -0.121. The minimum atomic E-state index is -3.66. The molecule has 6 nitrogen and oxygen atoms in total. The Hall–Kier alpha value is -1.44. The molecule has 0 saturated carbocycles. The van der Waals surface area contributed by atoms with E-state index in [1.807, 2.05) is 0 Å². The quantitative estimate of drug-likeness (QED) is 0.809. The highest BCUT2D eigenvalue weighted by Crippen LogP contribution is 2.10. The van der Waals surface area contributed by atoms with Crippen molar-refractivity contribution in [1.29, 1.82) is 0 Å². The number of carbonyl (C=O) groups excluding carboxylic acids is 1. The Morgan fingerprint density at radius 2 is 2.05 bits per heavy atom. The van der Waals surface area contributed by atoms with Crippen molar-refractivity contribution < 1.29 is 17.9 Å². The fourth-order valence-electron chi connectivity index (χ4n) is 2.05. The minimum Gasteiger partial charge on any atom is -0.379 e. The zero-order valence-electron chi connectivity index (χ0n) is 11.0. The van der Waals surface area contributed by atoms with Gasteiger partial charge in [0.05, 0.1) is 17.5 Å². The number of rotatable bonds is 5. The molecule has 0 spiro atoms. The van der Waals surface area contributed by atoms with Crippen molar-refractivity contribution in [2.75, 3.05) is 13.2 Å². The molecule has 0 aromatic heterocycles. The highest BCUT2D eigenvalue weighted by molar-refractivity contribution is 7.89. The third-order valence-corrected chi connectivity index (χ3v) is 4.12. The SMILES string of the molecule is NS(=O)(=O)c1ccc(CCC(=O)NC2CCOC2)cc1. The first kappa shape index (κ1) is 15.0. The van der Waals surface area contributed by atoms with Crippen molar-refractivity contribution in [3.05, 3.63) is 29.8 Å². The standard InChI is InChI=1S/C13H18N2O4S/c14-20(17,18)12-4-1-10(2-5-12)3-6-13(16)15-11-7-8-19-9-11/h1-2,4-5,11H,3,6-9H2,(H,15,16)(H2,14,17,18). The summed E-state index contributed by atoms with van der Waals surface area (Å²) in [7, 11) is -3.66. The smallest absolute Gasteiger partial charge is 0.238 e. The topological polar surface area (TPSA) is 98.5 Å². The van der Waals surface area contributed by atoms with E-state index < -0.39 is 10.0 Å². The zero-order chi connectivity index (χ0) is 14.6. The molecule has 1 saturated heterocycles. The molecule has 1 amide bonds. The summed E-state index contributed by atoms with van der Waals surface area (Å²) in [6, 6.07) is 6.37. The first-order chi connectivity index (χ1) is 9.45. The Bertz CT molecular complexity index is 563. The first-order valence-corrected chi connectivity index (χ1v) is 7.98. The number of nitrogens with two attached hydrogens (primary N) is 1. The summed E-state index contributed by atoms with van der Waals surface area (Å²) in [6.45, 7) is 1.27. The minimum absolute atomic E-state index is 0.0176. The summed E-state index contributed by atoms with van der Waals surface area (Å²) in [5.41, 5.74) is 0.898. The van der Waals surface area contributed by atoms with E-state index in [1.165, 1.54) is 12.1 Å². The van der Waals surface area contributed by atoms with E-state index in [2.05, 4.69) is 5.32 Å². The Morgan fingerprint density at radius 3 is 2.60 bits per heavy atom. The summed E-state index contributed by atoms with van der Waals surface area (Å²) >= 11 is 0. The lowest BCUT2D eigenvalue weighted by Gasteiger charge is -2.10. The molecule has 1 heterocycles. The van der Waals surface area contributed by atoms with E-state index in [-0.39, 0.29) is 16.8 Å². The van der Waals surface area contributed by atoms with Crippen LogP contribution in [0.3, 0.4) is 0 Å². The van der Waals surface area contributed by atoms with Crippen LogP contribution in [-0.2, 0) is 26.0 Å². The number of primary sulfonamides is 1. The number of amides is 1. The van der Waals surface area contributed by atoms with Crippen molar-refractivity contribution in [3.8, 4) is 0 Å². The molecule has 0 aliphatic carbocycles. The number of carbonyl (C=O) groups is 1. The molecular formula is C13H18N2O4S. The van der Waals surface area contributed by atoms with Crippen LogP contribution in [0.25, 0.3) is 0 Å². The molecule has 1 aliphatic heterocycles. The third-order valence-electron chi connectivity index (χ3n) is 3.19. The van der Waals surface area contributed by atoms with Crippen LogP contribution in [0, 0.1) is 0 Å². The lowest BCUT2D eigenvalue weighted by Crippen LogP contribution is -2.35. The highest BCUT2D eigenvalue weighted by atomic mass is 32.2. The summed E-state index contributed by atoms with van der Waals surface area (Å²) in [5, 5.41) is 7.92. The van der Waals surface area contributed by atoms with Gasteiger partial charge >= 0.3 is 0 Å². The zero-order valence-corrected chi connectivity index (χ0v) is 11.9. The van der Waals surface area contributed by atoms with Crippen molar-refractivity contribution >= 4 is 15.9 Å². The van der Waals surface area contributed by atoms with E-state index in [4.69, 9.17) is 9.88 Å². The van der Waals surface area contributed by atoms with E-state index in [0.29, 0.717) is 26.1 Å².